The van der Waals surface area contributed by atoms with E-state index in [4.69, 9.17) is 14.2 Å². The number of para-hydroxylation sites is 1. The van der Waals surface area contributed by atoms with Crippen LogP contribution in [0.5, 0.6) is 17.2 Å². The van der Waals surface area contributed by atoms with Crippen LogP contribution in [0, 0.1) is 25.2 Å². The highest BCUT2D eigenvalue weighted by Gasteiger charge is 2.14. The second-order valence-corrected chi connectivity index (χ2v) is 6.08. The summed E-state index contributed by atoms with van der Waals surface area (Å²) in [6.07, 6.45) is 1.52. The van der Waals surface area contributed by atoms with E-state index >= 15 is 0 Å². The van der Waals surface area contributed by atoms with E-state index in [0.29, 0.717) is 17.2 Å². The third-order valence-electron chi connectivity index (χ3n) is 4.30. The molecule has 0 aliphatic rings. The lowest BCUT2D eigenvalue weighted by atomic mass is 9.98. The number of ether oxygens (including phenoxy) is 4. The van der Waals surface area contributed by atoms with Crippen LogP contribution in [0.15, 0.2) is 35.9 Å². The maximum atomic E-state index is 11.7. The number of benzene rings is 2. The number of nitriles is 1. The first-order valence-corrected chi connectivity index (χ1v) is 8.59. The van der Waals surface area contributed by atoms with Crippen molar-refractivity contribution in [3.8, 4) is 23.3 Å². The number of esters is 1. The quantitative estimate of drug-likeness (QED) is 0.410. The molecule has 28 heavy (non-hydrogen) atoms. The lowest BCUT2D eigenvalue weighted by Crippen LogP contribution is -2.04. The molecule has 0 spiro atoms. The van der Waals surface area contributed by atoms with Crippen molar-refractivity contribution < 1.29 is 23.7 Å². The molecule has 0 aliphatic carbocycles. The molecule has 0 amide bonds. The van der Waals surface area contributed by atoms with Gasteiger partial charge in [-0.1, -0.05) is 12.1 Å². The van der Waals surface area contributed by atoms with Crippen LogP contribution in [0.25, 0.3) is 6.08 Å². The second kappa shape index (κ2) is 9.47. The molecule has 0 fully saturated rings. The highest BCUT2D eigenvalue weighted by molar-refractivity contribution is 5.98. The van der Waals surface area contributed by atoms with E-state index in [1.54, 1.807) is 26.4 Å². The molecule has 0 saturated carbocycles. The van der Waals surface area contributed by atoms with Crippen LogP contribution in [0.4, 0.5) is 0 Å². The third-order valence-corrected chi connectivity index (χ3v) is 4.30. The zero-order valence-corrected chi connectivity index (χ0v) is 16.7. The smallest absolute Gasteiger partial charge is 0.348 e. The van der Waals surface area contributed by atoms with E-state index in [9.17, 15) is 10.1 Å². The molecule has 6 nitrogen and oxygen atoms in total. The summed E-state index contributed by atoms with van der Waals surface area (Å²) in [5, 5.41) is 9.20. The van der Waals surface area contributed by atoms with Gasteiger partial charge in [0.15, 0.2) is 11.5 Å². The largest absolute Gasteiger partial charge is 0.493 e. The number of methoxy groups -OCH3 is 3. The Kier molecular flexibility index (Phi) is 7.05. The molecule has 0 aliphatic heterocycles. The van der Waals surface area contributed by atoms with Crippen LogP contribution in [-0.4, -0.2) is 27.3 Å². The highest BCUT2D eigenvalue weighted by Crippen LogP contribution is 2.37. The molecular formula is C22H23NO5. The van der Waals surface area contributed by atoms with Gasteiger partial charge in [-0.15, -0.1) is 0 Å². The zero-order chi connectivity index (χ0) is 20.7. The molecule has 0 unspecified atom stereocenters. The van der Waals surface area contributed by atoms with Crippen LogP contribution >= 0.6 is 0 Å². The first-order chi connectivity index (χ1) is 13.4. The van der Waals surface area contributed by atoms with Gasteiger partial charge in [0.25, 0.3) is 0 Å². The maximum Gasteiger partial charge on any atom is 0.348 e. The molecule has 0 heterocycles. The molecule has 0 saturated heterocycles. The van der Waals surface area contributed by atoms with Gasteiger partial charge in [0.05, 0.1) is 21.3 Å². The third kappa shape index (κ3) is 4.63. The van der Waals surface area contributed by atoms with E-state index in [-0.39, 0.29) is 12.2 Å². The first kappa shape index (κ1) is 20.8. The Morgan fingerprint density at radius 3 is 2.25 bits per heavy atom. The van der Waals surface area contributed by atoms with Gasteiger partial charge >= 0.3 is 5.97 Å². The standard InChI is InChI=1S/C22H23NO5/c1-14-9-15(2)18(11-16(14)10-17(12-23)22(24)27-5)13-28-21-19(25-3)7-6-8-20(21)26-4/h6-11H,13H2,1-5H3/b17-10+. The summed E-state index contributed by atoms with van der Waals surface area (Å²) in [4.78, 5) is 11.7. The molecule has 6 heteroatoms. The van der Waals surface area contributed by atoms with Gasteiger partial charge in [-0.3, -0.25) is 0 Å². The van der Waals surface area contributed by atoms with Crippen molar-refractivity contribution in [2.75, 3.05) is 21.3 Å². The average molecular weight is 381 g/mol. The van der Waals surface area contributed by atoms with E-state index in [1.807, 2.05) is 38.1 Å². The Morgan fingerprint density at radius 1 is 1.07 bits per heavy atom. The number of hydrogen-bond acceptors (Lipinski definition) is 6. The number of carbonyl (C=O) groups excluding carboxylic acids is 1. The summed E-state index contributed by atoms with van der Waals surface area (Å²) in [5.41, 5.74) is 3.56. The van der Waals surface area contributed by atoms with Crippen molar-refractivity contribution in [2.45, 2.75) is 20.5 Å². The van der Waals surface area contributed by atoms with Crippen molar-refractivity contribution >= 4 is 12.0 Å². The van der Waals surface area contributed by atoms with Gasteiger partial charge < -0.3 is 18.9 Å². The predicted molar refractivity (Wildman–Crippen MR) is 105 cm³/mol. The monoisotopic (exact) mass is 381 g/mol. The van der Waals surface area contributed by atoms with Crippen LogP contribution in [0.2, 0.25) is 0 Å². The van der Waals surface area contributed by atoms with Crippen LogP contribution in [0.3, 0.4) is 0 Å². The van der Waals surface area contributed by atoms with E-state index in [0.717, 1.165) is 22.3 Å². The van der Waals surface area contributed by atoms with Crippen molar-refractivity contribution in [3.05, 3.63) is 58.2 Å². The minimum Gasteiger partial charge on any atom is -0.493 e. The summed E-state index contributed by atoms with van der Waals surface area (Å²) in [5.74, 6) is 0.985. The first-order valence-electron chi connectivity index (χ1n) is 8.59. The number of rotatable bonds is 7. The molecule has 0 N–H and O–H groups in total. The van der Waals surface area contributed by atoms with Crippen molar-refractivity contribution in [1.82, 2.24) is 0 Å². The fourth-order valence-corrected chi connectivity index (χ4v) is 2.74. The normalized spacial score (nSPS) is 10.8. The maximum absolute atomic E-state index is 11.7. The van der Waals surface area contributed by atoms with Crippen LogP contribution in [0.1, 0.15) is 22.3 Å². The number of nitrogens with zero attached hydrogens (tertiary/aromatic N) is 1. The summed E-state index contributed by atoms with van der Waals surface area (Å²) < 4.78 is 21.3. The molecule has 0 radical (unpaired) electrons. The van der Waals surface area contributed by atoms with Crippen molar-refractivity contribution in [2.24, 2.45) is 0 Å². The SMILES string of the molecule is COC(=O)/C(C#N)=C/c1cc(COc2c(OC)cccc2OC)c(C)cc1C. The lowest BCUT2D eigenvalue weighted by Gasteiger charge is -2.16. The molecular weight excluding hydrogens is 358 g/mol. The molecule has 2 rings (SSSR count). The van der Waals surface area contributed by atoms with Crippen molar-refractivity contribution in [3.63, 3.8) is 0 Å². The average Bonchev–Trinajstić information content (AvgIpc) is 2.71. The van der Waals surface area contributed by atoms with Gasteiger partial charge in [-0.25, -0.2) is 4.79 Å². The number of aryl methyl sites for hydroxylation is 2. The predicted octanol–water partition coefficient (Wildman–Crippen LogP) is 3.98. The Bertz CT molecular complexity index is 918. The van der Waals surface area contributed by atoms with Gasteiger partial charge in [0.1, 0.15) is 18.2 Å². The van der Waals surface area contributed by atoms with E-state index in [1.165, 1.54) is 13.2 Å². The molecule has 0 atom stereocenters. The fourth-order valence-electron chi connectivity index (χ4n) is 2.74. The minimum atomic E-state index is -0.668. The van der Waals surface area contributed by atoms with E-state index < -0.39 is 5.97 Å². The van der Waals surface area contributed by atoms with E-state index in [2.05, 4.69) is 4.74 Å². The zero-order valence-electron chi connectivity index (χ0n) is 16.7. The highest BCUT2D eigenvalue weighted by atomic mass is 16.5. The Labute approximate surface area is 164 Å². The number of carbonyl (C=O) groups is 1. The summed E-state index contributed by atoms with van der Waals surface area (Å²) in [6, 6.07) is 11.2. The van der Waals surface area contributed by atoms with Gasteiger partial charge in [0, 0.05) is 0 Å². The Morgan fingerprint density at radius 2 is 1.71 bits per heavy atom. The van der Waals surface area contributed by atoms with Gasteiger partial charge in [-0.2, -0.15) is 5.26 Å². The second-order valence-electron chi connectivity index (χ2n) is 6.08. The van der Waals surface area contributed by atoms with Crippen molar-refractivity contribution in [1.29, 1.82) is 5.26 Å². The fraction of sp³-hybridized carbons (Fsp3) is 0.273. The molecule has 0 aromatic heterocycles. The topological polar surface area (TPSA) is 77.8 Å². The molecule has 146 valence electrons. The Hall–Kier alpha value is -3.46. The van der Waals surface area contributed by atoms with Crippen LogP contribution < -0.4 is 14.2 Å². The lowest BCUT2D eigenvalue weighted by molar-refractivity contribution is -0.135. The molecule has 0 bridgehead atoms. The summed E-state index contributed by atoms with van der Waals surface area (Å²) >= 11 is 0. The van der Waals surface area contributed by atoms with Gasteiger partial charge in [0.2, 0.25) is 5.75 Å². The minimum absolute atomic E-state index is 0.0623. The molecule has 2 aromatic rings. The molecule has 2 aromatic carbocycles. The number of hydrogen-bond donors (Lipinski definition) is 0. The summed E-state index contributed by atoms with van der Waals surface area (Å²) in [6.45, 7) is 4.16. The summed E-state index contributed by atoms with van der Waals surface area (Å²) in [7, 11) is 4.38. The van der Waals surface area contributed by atoms with Gasteiger partial charge in [-0.05, 0) is 60.4 Å². The van der Waals surface area contributed by atoms with Crippen LogP contribution in [-0.2, 0) is 16.1 Å². The Balaban J connectivity index is 2.37.